The summed E-state index contributed by atoms with van der Waals surface area (Å²) in [6, 6.07) is 11.4. The minimum absolute atomic E-state index is 0.535. The third-order valence-electron chi connectivity index (χ3n) is 2.02. The van der Waals surface area contributed by atoms with Gasteiger partial charge in [-0.3, -0.25) is 4.79 Å². The molecule has 0 N–H and O–H groups in total. The minimum Gasteiger partial charge on any atom is -0.298 e. The van der Waals surface area contributed by atoms with Crippen molar-refractivity contribution >= 4 is 28.7 Å². The van der Waals surface area contributed by atoms with Gasteiger partial charge in [-0.25, -0.2) is 0 Å². The van der Waals surface area contributed by atoms with Gasteiger partial charge in [0.15, 0.2) is 6.29 Å². The SMILES string of the molecule is O=Cc1ccc2ccccc2c1Cl. The molecular formula is C11H7ClO. The fourth-order valence-corrected chi connectivity index (χ4v) is 1.62. The highest BCUT2D eigenvalue weighted by Crippen LogP contribution is 2.25. The molecule has 0 spiro atoms. The van der Waals surface area contributed by atoms with Gasteiger partial charge in [0, 0.05) is 10.9 Å². The molecule has 0 heterocycles. The molecular weight excluding hydrogens is 184 g/mol. The Labute approximate surface area is 80.9 Å². The molecule has 0 atom stereocenters. The van der Waals surface area contributed by atoms with Crippen LogP contribution < -0.4 is 0 Å². The summed E-state index contributed by atoms with van der Waals surface area (Å²) in [6.07, 6.45) is 0.773. The Hall–Kier alpha value is -1.34. The van der Waals surface area contributed by atoms with Crippen LogP contribution >= 0.6 is 11.6 Å². The van der Waals surface area contributed by atoms with Crippen LogP contribution in [0.15, 0.2) is 36.4 Å². The maximum Gasteiger partial charge on any atom is 0.151 e. The first-order valence-corrected chi connectivity index (χ1v) is 4.33. The normalized spacial score (nSPS) is 10.2. The van der Waals surface area contributed by atoms with Crippen LogP contribution in [0, 0.1) is 0 Å². The fourth-order valence-electron chi connectivity index (χ4n) is 1.34. The molecule has 1 nitrogen and oxygen atoms in total. The van der Waals surface area contributed by atoms with E-state index in [0.717, 1.165) is 17.1 Å². The van der Waals surface area contributed by atoms with E-state index in [2.05, 4.69) is 0 Å². The quantitative estimate of drug-likeness (QED) is 0.631. The van der Waals surface area contributed by atoms with Crippen LogP contribution in [0.2, 0.25) is 5.02 Å². The number of benzene rings is 2. The van der Waals surface area contributed by atoms with E-state index in [-0.39, 0.29) is 0 Å². The molecule has 0 saturated heterocycles. The lowest BCUT2D eigenvalue weighted by Gasteiger charge is -2.01. The zero-order valence-corrected chi connectivity index (χ0v) is 7.58. The van der Waals surface area contributed by atoms with E-state index in [1.54, 1.807) is 6.07 Å². The molecule has 13 heavy (non-hydrogen) atoms. The standard InChI is InChI=1S/C11H7ClO/c12-11-9(7-13)6-5-8-3-1-2-4-10(8)11/h1-7H. The number of fused-ring (bicyclic) bond motifs is 1. The molecule has 0 unspecified atom stereocenters. The van der Waals surface area contributed by atoms with Crippen molar-refractivity contribution in [2.45, 2.75) is 0 Å². The molecule has 2 heteroatoms. The Bertz CT molecular complexity index is 463. The maximum atomic E-state index is 10.6. The van der Waals surface area contributed by atoms with Gasteiger partial charge in [-0.15, -0.1) is 0 Å². The van der Waals surface area contributed by atoms with Crippen molar-refractivity contribution in [3.63, 3.8) is 0 Å². The van der Waals surface area contributed by atoms with E-state index in [1.165, 1.54) is 0 Å². The Morgan fingerprint density at radius 3 is 2.62 bits per heavy atom. The van der Waals surface area contributed by atoms with Gasteiger partial charge in [0.25, 0.3) is 0 Å². The van der Waals surface area contributed by atoms with Crippen LogP contribution in [0.5, 0.6) is 0 Å². The molecule has 0 amide bonds. The lowest BCUT2D eigenvalue weighted by molar-refractivity contribution is 0.112. The molecule has 2 rings (SSSR count). The predicted molar refractivity (Wildman–Crippen MR) is 54.3 cm³/mol. The van der Waals surface area contributed by atoms with Crippen LogP contribution in [-0.4, -0.2) is 6.29 Å². The lowest BCUT2D eigenvalue weighted by atomic mass is 10.1. The number of hydrogen-bond donors (Lipinski definition) is 0. The van der Waals surface area contributed by atoms with Gasteiger partial charge in [0.1, 0.15) is 0 Å². The highest BCUT2D eigenvalue weighted by atomic mass is 35.5. The summed E-state index contributed by atoms with van der Waals surface area (Å²) < 4.78 is 0. The van der Waals surface area contributed by atoms with Crippen LogP contribution in [0.3, 0.4) is 0 Å². The van der Waals surface area contributed by atoms with E-state index >= 15 is 0 Å². The van der Waals surface area contributed by atoms with E-state index < -0.39 is 0 Å². The molecule has 0 fully saturated rings. The third kappa shape index (κ3) is 1.31. The van der Waals surface area contributed by atoms with Crippen molar-refractivity contribution in [2.75, 3.05) is 0 Å². The number of hydrogen-bond acceptors (Lipinski definition) is 1. The Morgan fingerprint density at radius 1 is 1.08 bits per heavy atom. The Morgan fingerprint density at radius 2 is 1.85 bits per heavy atom. The zero-order valence-electron chi connectivity index (χ0n) is 6.83. The van der Waals surface area contributed by atoms with Gasteiger partial charge >= 0.3 is 0 Å². The fraction of sp³-hybridized carbons (Fsp3) is 0. The highest BCUT2D eigenvalue weighted by molar-refractivity contribution is 6.37. The van der Waals surface area contributed by atoms with E-state index in [1.807, 2.05) is 30.3 Å². The number of carbonyl (C=O) groups excluding carboxylic acids is 1. The molecule has 0 aromatic heterocycles. The zero-order chi connectivity index (χ0) is 9.26. The van der Waals surface area contributed by atoms with Gasteiger partial charge in [0.2, 0.25) is 0 Å². The summed E-state index contributed by atoms with van der Waals surface area (Å²) >= 11 is 6.01. The average Bonchev–Trinajstić information content (AvgIpc) is 2.19. The largest absolute Gasteiger partial charge is 0.298 e. The molecule has 0 saturated carbocycles. The Balaban J connectivity index is 2.86. The molecule has 0 aliphatic heterocycles. The molecule has 0 radical (unpaired) electrons. The summed E-state index contributed by atoms with van der Waals surface area (Å²) in [5, 5.41) is 2.51. The van der Waals surface area contributed by atoms with Gasteiger partial charge < -0.3 is 0 Å². The first kappa shape index (κ1) is 8.27. The predicted octanol–water partition coefficient (Wildman–Crippen LogP) is 3.31. The maximum absolute atomic E-state index is 10.6. The number of aldehydes is 1. The first-order chi connectivity index (χ1) is 6.33. The molecule has 0 aliphatic carbocycles. The average molecular weight is 191 g/mol. The smallest absolute Gasteiger partial charge is 0.151 e. The van der Waals surface area contributed by atoms with Gasteiger partial charge in [-0.05, 0) is 11.5 Å². The number of rotatable bonds is 1. The molecule has 2 aromatic carbocycles. The van der Waals surface area contributed by atoms with Crippen LogP contribution in [-0.2, 0) is 0 Å². The van der Waals surface area contributed by atoms with Crippen molar-refractivity contribution in [1.82, 2.24) is 0 Å². The molecule has 0 bridgehead atoms. The van der Waals surface area contributed by atoms with Crippen molar-refractivity contribution in [1.29, 1.82) is 0 Å². The van der Waals surface area contributed by atoms with E-state index in [4.69, 9.17) is 11.6 Å². The van der Waals surface area contributed by atoms with Crippen molar-refractivity contribution in [3.05, 3.63) is 47.0 Å². The number of carbonyl (C=O) groups is 1. The molecule has 2 aromatic rings. The highest BCUT2D eigenvalue weighted by Gasteiger charge is 2.02. The van der Waals surface area contributed by atoms with Crippen LogP contribution in [0.1, 0.15) is 10.4 Å². The monoisotopic (exact) mass is 190 g/mol. The van der Waals surface area contributed by atoms with Crippen molar-refractivity contribution < 1.29 is 4.79 Å². The van der Waals surface area contributed by atoms with E-state index in [9.17, 15) is 4.79 Å². The lowest BCUT2D eigenvalue weighted by Crippen LogP contribution is -1.82. The second kappa shape index (κ2) is 3.19. The summed E-state index contributed by atoms with van der Waals surface area (Å²) in [5.74, 6) is 0. The van der Waals surface area contributed by atoms with Crippen LogP contribution in [0.4, 0.5) is 0 Å². The van der Waals surface area contributed by atoms with Crippen LogP contribution in [0.25, 0.3) is 10.8 Å². The van der Waals surface area contributed by atoms with Crippen molar-refractivity contribution in [2.24, 2.45) is 0 Å². The summed E-state index contributed by atoms with van der Waals surface area (Å²) in [7, 11) is 0. The Kier molecular flexibility index (Phi) is 2.03. The van der Waals surface area contributed by atoms with Gasteiger partial charge in [-0.2, -0.15) is 0 Å². The molecule has 0 aliphatic rings. The third-order valence-corrected chi connectivity index (χ3v) is 2.44. The van der Waals surface area contributed by atoms with Crippen molar-refractivity contribution in [3.8, 4) is 0 Å². The molecule has 64 valence electrons. The summed E-state index contributed by atoms with van der Waals surface area (Å²) in [4.78, 5) is 10.6. The number of halogens is 1. The second-order valence-electron chi connectivity index (χ2n) is 2.81. The minimum atomic E-state index is 0.535. The first-order valence-electron chi connectivity index (χ1n) is 3.95. The van der Waals surface area contributed by atoms with Gasteiger partial charge in [-0.1, -0.05) is 41.9 Å². The van der Waals surface area contributed by atoms with Gasteiger partial charge in [0.05, 0.1) is 5.02 Å². The summed E-state index contributed by atoms with van der Waals surface area (Å²) in [6.45, 7) is 0. The topological polar surface area (TPSA) is 17.1 Å². The second-order valence-corrected chi connectivity index (χ2v) is 3.19. The van der Waals surface area contributed by atoms with E-state index in [0.29, 0.717) is 10.6 Å². The summed E-state index contributed by atoms with van der Waals surface area (Å²) in [5.41, 5.74) is 0.542.